The topological polar surface area (TPSA) is 41.5 Å². The van der Waals surface area contributed by atoms with E-state index in [2.05, 4.69) is 5.32 Å². The minimum atomic E-state index is -0.389. The molecule has 2 rings (SSSR count). The summed E-state index contributed by atoms with van der Waals surface area (Å²) in [5.74, 6) is 0.815. The molecule has 1 heterocycles. The van der Waals surface area contributed by atoms with Crippen molar-refractivity contribution in [1.29, 1.82) is 0 Å². The highest BCUT2D eigenvalue weighted by Gasteiger charge is 2.26. The first-order valence-electron chi connectivity index (χ1n) is 4.47. The van der Waals surface area contributed by atoms with E-state index in [-0.39, 0.29) is 12.2 Å². The van der Waals surface area contributed by atoms with Gasteiger partial charge in [-0.05, 0) is 12.1 Å². The number of nitrogens with one attached hydrogen (secondary N) is 1. The fourth-order valence-corrected chi connectivity index (χ4v) is 1.44. The lowest BCUT2D eigenvalue weighted by Crippen LogP contribution is -2.29. The summed E-state index contributed by atoms with van der Waals surface area (Å²) < 4.78 is 5.58. The standard InChI is InChI=1S/C10H13NO2/c12-9-6-11-7-10(9)13-8-4-2-1-3-5-8/h1-5,9-12H,6-7H2/t9-,10-/m0/s1. The number of aliphatic hydroxyl groups excluding tert-OH is 1. The molecule has 1 aromatic carbocycles. The summed E-state index contributed by atoms with van der Waals surface area (Å²) in [6.07, 6.45) is -0.498. The number of β-amino-alcohol motifs (C(OH)–C–C–N with tert-alkyl or cyclic N) is 1. The smallest absolute Gasteiger partial charge is 0.138 e. The van der Waals surface area contributed by atoms with Gasteiger partial charge in [0.05, 0.1) is 0 Å². The van der Waals surface area contributed by atoms with E-state index in [0.29, 0.717) is 6.54 Å². The first-order chi connectivity index (χ1) is 6.36. The summed E-state index contributed by atoms with van der Waals surface area (Å²) in [6, 6.07) is 9.57. The highest BCUT2D eigenvalue weighted by Crippen LogP contribution is 2.14. The number of rotatable bonds is 2. The molecule has 0 saturated carbocycles. The van der Waals surface area contributed by atoms with Gasteiger partial charge in [-0.1, -0.05) is 18.2 Å². The average Bonchev–Trinajstić information content (AvgIpc) is 2.54. The second-order valence-electron chi connectivity index (χ2n) is 3.19. The molecule has 0 bridgehead atoms. The van der Waals surface area contributed by atoms with Gasteiger partial charge in [-0.15, -0.1) is 0 Å². The lowest BCUT2D eigenvalue weighted by molar-refractivity contribution is 0.0738. The van der Waals surface area contributed by atoms with Gasteiger partial charge in [0.25, 0.3) is 0 Å². The summed E-state index contributed by atoms with van der Waals surface area (Å²) in [6.45, 7) is 1.34. The number of aliphatic hydroxyl groups is 1. The van der Waals surface area contributed by atoms with Crippen LogP contribution >= 0.6 is 0 Å². The molecule has 3 nitrogen and oxygen atoms in total. The lowest BCUT2D eigenvalue weighted by atomic mass is 10.2. The summed E-state index contributed by atoms with van der Waals surface area (Å²) in [5.41, 5.74) is 0. The fraction of sp³-hybridized carbons (Fsp3) is 0.400. The van der Waals surface area contributed by atoms with Crippen LogP contribution in [0.2, 0.25) is 0 Å². The average molecular weight is 179 g/mol. The Labute approximate surface area is 77.3 Å². The number of ether oxygens (including phenoxy) is 1. The Morgan fingerprint density at radius 3 is 2.62 bits per heavy atom. The van der Waals surface area contributed by atoms with E-state index in [1.165, 1.54) is 0 Å². The number of hydrogen-bond acceptors (Lipinski definition) is 3. The van der Waals surface area contributed by atoms with Gasteiger partial charge in [0.2, 0.25) is 0 Å². The summed E-state index contributed by atoms with van der Waals surface area (Å²) in [4.78, 5) is 0. The van der Waals surface area contributed by atoms with Crippen LogP contribution in [0.15, 0.2) is 30.3 Å². The molecule has 3 heteroatoms. The number of para-hydroxylation sites is 1. The molecule has 70 valence electrons. The Bertz CT molecular complexity index is 263. The van der Waals surface area contributed by atoms with E-state index in [1.807, 2.05) is 30.3 Å². The second-order valence-corrected chi connectivity index (χ2v) is 3.19. The number of benzene rings is 1. The SMILES string of the molecule is O[C@H]1CNC[C@@H]1Oc1ccccc1. The molecule has 1 aliphatic rings. The van der Waals surface area contributed by atoms with E-state index in [0.717, 1.165) is 12.3 Å². The van der Waals surface area contributed by atoms with Crippen LogP contribution in [0.25, 0.3) is 0 Å². The van der Waals surface area contributed by atoms with Crippen LogP contribution in [0.3, 0.4) is 0 Å². The van der Waals surface area contributed by atoms with Gasteiger partial charge >= 0.3 is 0 Å². The van der Waals surface area contributed by atoms with Crippen LogP contribution in [0.4, 0.5) is 0 Å². The van der Waals surface area contributed by atoms with Crippen LogP contribution in [-0.4, -0.2) is 30.4 Å². The fourth-order valence-electron chi connectivity index (χ4n) is 1.44. The van der Waals surface area contributed by atoms with Gasteiger partial charge in [-0.3, -0.25) is 0 Å². The van der Waals surface area contributed by atoms with Crippen molar-refractivity contribution < 1.29 is 9.84 Å². The van der Waals surface area contributed by atoms with Gasteiger partial charge in [-0.2, -0.15) is 0 Å². The maximum absolute atomic E-state index is 9.46. The van der Waals surface area contributed by atoms with Crippen molar-refractivity contribution in [2.45, 2.75) is 12.2 Å². The maximum Gasteiger partial charge on any atom is 0.138 e. The summed E-state index contributed by atoms with van der Waals surface area (Å²) in [5, 5.41) is 12.5. The Hall–Kier alpha value is -1.06. The van der Waals surface area contributed by atoms with Crippen LogP contribution < -0.4 is 10.1 Å². The Kier molecular flexibility index (Phi) is 2.47. The highest BCUT2D eigenvalue weighted by atomic mass is 16.5. The zero-order valence-corrected chi connectivity index (χ0v) is 7.31. The predicted molar refractivity (Wildman–Crippen MR) is 49.7 cm³/mol. The summed E-state index contributed by atoms with van der Waals surface area (Å²) in [7, 11) is 0. The van der Waals surface area contributed by atoms with Crippen molar-refractivity contribution in [2.24, 2.45) is 0 Å². The molecule has 1 fully saturated rings. The first kappa shape index (κ1) is 8.53. The Balaban J connectivity index is 1.98. The van der Waals surface area contributed by atoms with Crippen LogP contribution in [0.1, 0.15) is 0 Å². The predicted octanol–water partition coefficient (Wildman–Crippen LogP) is 0.398. The van der Waals surface area contributed by atoms with Gasteiger partial charge in [0, 0.05) is 13.1 Å². The van der Waals surface area contributed by atoms with Crippen molar-refractivity contribution in [2.75, 3.05) is 13.1 Å². The maximum atomic E-state index is 9.46. The third kappa shape index (κ3) is 1.99. The molecule has 0 aliphatic carbocycles. The molecule has 0 radical (unpaired) electrons. The van der Waals surface area contributed by atoms with E-state index in [1.54, 1.807) is 0 Å². The van der Waals surface area contributed by atoms with Gasteiger partial charge in [0.15, 0.2) is 0 Å². The van der Waals surface area contributed by atoms with E-state index in [9.17, 15) is 5.11 Å². The first-order valence-corrected chi connectivity index (χ1v) is 4.47. The normalized spacial score (nSPS) is 27.5. The van der Waals surface area contributed by atoms with Crippen LogP contribution in [0.5, 0.6) is 5.75 Å². The van der Waals surface area contributed by atoms with E-state index >= 15 is 0 Å². The van der Waals surface area contributed by atoms with Crippen molar-refractivity contribution in [3.8, 4) is 5.75 Å². The molecule has 2 N–H and O–H groups in total. The Morgan fingerprint density at radius 1 is 1.23 bits per heavy atom. The molecule has 2 atom stereocenters. The van der Waals surface area contributed by atoms with Gasteiger partial charge in [-0.25, -0.2) is 0 Å². The van der Waals surface area contributed by atoms with Crippen molar-refractivity contribution >= 4 is 0 Å². The molecule has 13 heavy (non-hydrogen) atoms. The van der Waals surface area contributed by atoms with Crippen molar-refractivity contribution in [3.63, 3.8) is 0 Å². The minimum Gasteiger partial charge on any atom is -0.486 e. The quantitative estimate of drug-likeness (QED) is 0.690. The molecule has 0 amide bonds. The molecule has 1 saturated heterocycles. The Morgan fingerprint density at radius 2 is 2.00 bits per heavy atom. The third-order valence-corrected chi connectivity index (χ3v) is 2.16. The molecule has 0 aromatic heterocycles. The largest absolute Gasteiger partial charge is 0.486 e. The second kappa shape index (κ2) is 3.77. The van der Waals surface area contributed by atoms with E-state index in [4.69, 9.17) is 4.74 Å². The minimum absolute atomic E-state index is 0.109. The molecular formula is C10H13NO2. The molecular weight excluding hydrogens is 166 g/mol. The third-order valence-electron chi connectivity index (χ3n) is 2.16. The van der Waals surface area contributed by atoms with Crippen LogP contribution in [0, 0.1) is 0 Å². The zero-order chi connectivity index (χ0) is 9.10. The monoisotopic (exact) mass is 179 g/mol. The van der Waals surface area contributed by atoms with Gasteiger partial charge in [0.1, 0.15) is 18.0 Å². The van der Waals surface area contributed by atoms with Gasteiger partial charge < -0.3 is 15.2 Å². The molecule has 0 spiro atoms. The van der Waals surface area contributed by atoms with Crippen LogP contribution in [-0.2, 0) is 0 Å². The molecule has 1 aromatic rings. The molecule has 1 aliphatic heterocycles. The lowest BCUT2D eigenvalue weighted by Gasteiger charge is -2.15. The molecule has 0 unspecified atom stereocenters. The van der Waals surface area contributed by atoms with Crippen molar-refractivity contribution in [1.82, 2.24) is 5.32 Å². The summed E-state index contributed by atoms with van der Waals surface area (Å²) >= 11 is 0. The zero-order valence-electron chi connectivity index (χ0n) is 7.31. The van der Waals surface area contributed by atoms with E-state index < -0.39 is 0 Å². The highest BCUT2D eigenvalue weighted by molar-refractivity contribution is 5.21. The van der Waals surface area contributed by atoms with Crippen molar-refractivity contribution in [3.05, 3.63) is 30.3 Å². The number of hydrogen-bond donors (Lipinski definition) is 2.